The highest BCUT2D eigenvalue weighted by molar-refractivity contribution is 5.53. The van der Waals surface area contributed by atoms with E-state index in [0.717, 1.165) is 43.7 Å². The molecule has 1 unspecified atom stereocenters. The lowest BCUT2D eigenvalue weighted by Gasteiger charge is -2.24. The molecule has 3 heteroatoms. The minimum Gasteiger partial charge on any atom is -0.370 e. The van der Waals surface area contributed by atoms with Crippen LogP contribution in [0.3, 0.4) is 0 Å². The first-order valence-corrected chi connectivity index (χ1v) is 6.45. The minimum absolute atomic E-state index is 0.144. The molecule has 0 saturated carbocycles. The van der Waals surface area contributed by atoms with Crippen LogP contribution in [0.15, 0.2) is 18.2 Å². The molecule has 1 atom stereocenters. The Labute approximate surface area is 103 Å². The van der Waals surface area contributed by atoms with E-state index in [1.807, 2.05) is 13.0 Å². The van der Waals surface area contributed by atoms with Crippen molar-refractivity contribution in [1.29, 1.82) is 0 Å². The minimum atomic E-state index is -0.144. The zero-order chi connectivity index (χ0) is 12.3. The van der Waals surface area contributed by atoms with E-state index >= 15 is 0 Å². The third kappa shape index (κ3) is 2.97. The fourth-order valence-electron chi connectivity index (χ4n) is 2.44. The average molecular weight is 236 g/mol. The van der Waals surface area contributed by atoms with Crippen molar-refractivity contribution in [2.45, 2.75) is 32.7 Å². The third-order valence-corrected chi connectivity index (χ3v) is 3.57. The fraction of sp³-hybridized carbons (Fsp3) is 0.571. The molecule has 0 amide bonds. The van der Waals surface area contributed by atoms with E-state index in [1.54, 1.807) is 6.07 Å². The topological polar surface area (TPSA) is 15.3 Å². The van der Waals surface area contributed by atoms with E-state index in [4.69, 9.17) is 0 Å². The number of halogens is 1. The van der Waals surface area contributed by atoms with Gasteiger partial charge in [0, 0.05) is 31.4 Å². The zero-order valence-electron chi connectivity index (χ0n) is 10.7. The number of hydrogen-bond donors (Lipinski definition) is 1. The molecule has 2 nitrogen and oxygen atoms in total. The van der Waals surface area contributed by atoms with Gasteiger partial charge in [0.05, 0.1) is 0 Å². The molecule has 0 radical (unpaired) electrons. The van der Waals surface area contributed by atoms with Gasteiger partial charge in [0.2, 0.25) is 0 Å². The molecule has 0 aliphatic carbocycles. The smallest absolute Gasteiger partial charge is 0.125 e. The molecule has 1 fully saturated rings. The van der Waals surface area contributed by atoms with Crippen LogP contribution in [0.1, 0.15) is 25.3 Å². The summed E-state index contributed by atoms with van der Waals surface area (Å²) in [6.07, 6.45) is 2.29. The van der Waals surface area contributed by atoms with E-state index in [9.17, 15) is 4.39 Å². The Morgan fingerprint density at radius 2 is 2.24 bits per heavy atom. The van der Waals surface area contributed by atoms with Crippen LogP contribution in [-0.2, 0) is 0 Å². The molecular weight excluding hydrogens is 215 g/mol. The second kappa shape index (κ2) is 5.50. The number of aryl methyl sites for hydroxylation is 1. The summed E-state index contributed by atoms with van der Waals surface area (Å²) in [5, 5.41) is 3.53. The van der Waals surface area contributed by atoms with Crippen LogP contribution in [0.4, 0.5) is 10.1 Å². The first-order chi connectivity index (χ1) is 8.20. The Bertz CT molecular complexity index is 378. The van der Waals surface area contributed by atoms with Crippen LogP contribution in [0, 0.1) is 12.7 Å². The number of nitrogens with one attached hydrogen (secondary N) is 1. The number of benzene rings is 1. The Balaban J connectivity index is 2.13. The van der Waals surface area contributed by atoms with E-state index in [-0.39, 0.29) is 5.82 Å². The van der Waals surface area contributed by atoms with Crippen LogP contribution in [0.5, 0.6) is 0 Å². The Hall–Kier alpha value is -1.09. The lowest BCUT2D eigenvalue weighted by molar-refractivity contribution is 0.510. The van der Waals surface area contributed by atoms with Gasteiger partial charge in [0.15, 0.2) is 0 Å². The summed E-state index contributed by atoms with van der Waals surface area (Å²) in [4.78, 5) is 2.29. The van der Waals surface area contributed by atoms with E-state index in [1.165, 1.54) is 6.07 Å². The predicted molar refractivity (Wildman–Crippen MR) is 70.0 cm³/mol. The van der Waals surface area contributed by atoms with Crippen LogP contribution in [-0.4, -0.2) is 25.7 Å². The molecule has 1 aliphatic rings. The van der Waals surface area contributed by atoms with Crippen molar-refractivity contribution in [1.82, 2.24) is 5.32 Å². The zero-order valence-corrected chi connectivity index (χ0v) is 10.7. The van der Waals surface area contributed by atoms with Gasteiger partial charge >= 0.3 is 0 Å². The molecule has 1 aromatic carbocycles. The highest BCUT2D eigenvalue weighted by Gasteiger charge is 2.16. The average Bonchev–Trinajstić information content (AvgIpc) is 2.57. The van der Waals surface area contributed by atoms with Gasteiger partial charge in [-0.2, -0.15) is 0 Å². The second-order valence-corrected chi connectivity index (χ2v) is 4.77. The summed E-state index contributed by atoms with van der Waals surface area (Å²) in [6.45, 7) is 7.20. The molecule has 1 heterocycles. The van der Waals surface area contributed by atoms with Crippen molar-refractivity contribution >= 4 is 5.69 Å². The quantitative estimate of drug-likeness (QED) is 0.849. The summed E-state index contributed by atoms with van der Waals surface area (Å²) >= 11 is 0. The van der Waals surface area contributed by atoms with Crippen LogP contribution in [0.2, 0.25) is 0 Å². The van der Waals surface area contributed by atoms with Crippen molar-refractivity contribution in [2.75, 3.05) is 24.5 Å². The molecule has 0 aromatic heterocycles. The first-order valence-electron chi connectivity index (χ1n) is 6.45. The molecule has 2 rings (SSSR count). The fourth-order valence-corrected chi connectivity index (χ4v) is 2.44. The van der Waals surface area contributed by atoms with Gasteiger partial charge in [0.1, 0.15) is 5.82 Å². The molecule has 17 heavy (non-hydrogen) atoms. The lowest BCUT2D eigenvalue weighted by atomic mass is 10.1. The van der Waals surface area contributed by atoms with Gasteiger partial charge in [-0.15, -0.1) is 0 Å². The van der Waals surface area contributed by atoms with Crippen molar-refractivity contribution in [3.05, 3.63) is 29.6 Å². The number of hydrogen-bond acceptors (Lipinski definition) is 2. The standard InChI is InChI=1S/C14H21FN2/c1-3-13-6-8-17(9-7-16-13)14-10-12(15)5-4-11(14)2/h4-5,10,13,16H,3,6-9H2,1-2H3. The van der Waals surface area contributed by atoms with E-state index < -0.39 is 0 Å². The van der Waals surface area contributed by atoms with Crippen LogP contribution < -0.4 is 10.2 Å². The maximum absolute atomic E-state index is 13.3. The highest BCUT2D eigenvalue weighted by Crippen LogP contribution is 2.22. The molecule has 1 aromatic rings. The molecule has 0 spiro atoms. The van der Waals surface area contributed by atoms with Crippen molar-refractivity contribution in [2.24, 2.45) is 0 Å². The lowest BCUT2D eigenvalue weighted by Crippen LogP contribution is -2.30. The maximum Gasteiger partial charge on any atom is 0.125 e. The first kappa shape index (κ1) is 12.4. The largest absolute Gasteiger partial charge is 0.370 e. The summed E-state index contributed by atoms with van der Waals surface area (Å²) in [7, 11) is 0. The third-order valence-electron chi connectivity index (χ3n) is 3.57. The van der Waals surface area contributed by atoms with Gasteiger partial charge in [-0.3, -0.25) is 0 Å². The normalized spacial score (nSPS) is 21.4. The summed E-state index contributed by atoms with van der Waals surface area (Å²) in [6, 6.07) is 5.65. The monoisotopic (exact) mass is 236 g/mol. The number of anilines is 1. The SMILES string of the molecule is CCC1CCN(c2cc(F)ccc2C)CCN1. The van der Waals surface area contributed by atoms with Crippen LogP contribution >= 0.6 is 0 Å². The van der Waals surface area contributed by atoms with E-state index in [2.05, 4.69) is 17.1 Å². The molecule has 1 aliphatic heterocycles. The Kier molecular flexibility index (Phi) is 4.00. The van der Waals surface area contributed by atoms with Gasteiger partial charge in [0.25, 0.3) is 0 Å². The van der Waals surface area contributed by atoms with Crippen molar-refractivity contribution < 1.29 is 4.39 Å². The van der Waals surface area contributed by atoms with Crippen molar-refractivity contribution in [3.63, 3.8) is 0 Å². The number of nitrogens with zero attached hydrogens (tertiary/aromatic N) is 1. The summed E-state index contributed by atoms with van der Waals surface area (Å²) < 4.78 is 13.3. The van der Waals surface area contributed by atoms with Gasteiger partial charge < -0.3 is 10.2 Å². The molecule has 94 valence electrons. The van der Waals surface area contributed by atoms with Gasteiger partial charge in [-0.05, 0) is 37.5 Å². The van der Waals surface area contributed by atoms with Crippen LogP contribution in [0.25, 0.3) is 0 Å². The van der Waals surface area contributed by atoms with Gasteiger partial charge in [-0.25, -0.2) is 4.39 Å². The highest BCUT2D eigenvalue weighted by atomic mass is 19.1. The molecule has 1 saturated heterocycles. The van der Waals surface area contributed by atoms with Gasteiger partial charge in [-0.1, -0.05) is 13.0 Å². The molecule has 0 bridgehead atoms. The molecule has 1 N–H and O–H groups in total. The Morgan fingerprint density at radius 3 is 3.00 bits per heavy atom. The summed E-state index contributed by atoms with van der Waals surface area (Å²) in [5.74, 6) is -0.144. The van der Waals surface area contributed by atoms with Crippen molar-refractivity contribution in [3.8, 4) is 0 Å². The summed E-state index contributed by atoms with van der Waals surface area (Å²) in [5.41, 5.74) is 2.20. The predicted octanol–water partition coefficient (Wildman–Crippen LogP) is 2.71. The van der Waals surface area contributed by atoms with E-state index in [0.29, 0.717) is 6.04 Å². The molecular formula is C14H21FN2. The Morgan fingerprint density at radius 1 is 1.41 bits per heavy atom. The number of rotatable bonds is 2. The maximum atomic E-state index is 13.3. The second-order valence-electron chi connectivity index (χ2n) is 4.77.